The summed E-state index contributed by atoms with van der Waals surface area (Å²) in [5.41, 5.74) is 0.114. The number of amides is 1. The Labute approximate surface area is 103 Å². The van der Waals surface area contributed by atoms with E-state index in [-0.39, 0.29) is 17.6 Å². The third kappa shape index (κ3) is 5.39. The minimum atomic E-state index is -0.939. The normalized spacial score (nSPS) is 27.5. The largest absolute Gasteiger partial charge is 0.465 e. The van der Waals surface area contributed by atoms with Crippen molar-refractivity contribution in [3.8, 4) is 0 Å². The van der Waals surface area contributed by atoms with Gasteiger partial charge in [-0.25, -0.2) is 4.79 Å². The van der Waals surface area contributed by atoms with E-state index in [4.69, 9.17) is 5.11 Å². The standard InChI is InChI=1S/C13H25NO3/c1-13(2,3)8-11(14-12(16)17)9-4-6-10(15)7-5-9/h9-11,14-15H,4-8H2,1-3H3,(H,16,17)/t9?,10?,11-/m1/s1. The molecule has 0 bridgehead atoms. The van der Waals surface area contributed by atoms with Crippen LogP contribution in [0, 0.1) is 11.3 Å². The predicted molar refractivity (Wildman–Crippen MR) is 67.0 cm³/mol. The number of hydrogen-bond donors (Lipinski definition) is 3. The van der Waals surface area contributed by atoms with Crippen molar-refractivity contribution < 1.29 is 15.0 Å². The Morgan fingerprint density at radius 1 is 1.29 bits per heavy atom. The molecule has 1 atom stereocenters. The lowest BCUT2D eigenvalue weighted by Gasteiger charge is -2.35. The van der Waals surface area contributed by atoms with Gasteiger partial charge in [-0.05, 0) is 43.4 Å². The lowest BCUT2D eigenvalue weighted by Crippen LogP contribution is -2.43. The Hall–Kier alpha value is -0.770. The molecule has 1 saturated carbocycles. The van der Waals surface area contributed by atoms with E-state index in [1.165, 1.54) is 0 Å². The van der Waals surface area contributed by atoms with Gasteiger partial charge in [-0.1, -0.05) is 20.8 Å². The number of carboxylic acid groups (broad SMARTS) is 1. The zero-order valence-electron chi connectivity index (χ0n) is 11.1. The van der Waals surface area contributed by atoms with Crippen LogP contribution in [0.5, 0.6) is 0 Å². The van der Waals surface area contributed by atoms with Crippen molar-refractivity contribution in [2.75, 3.05) is 0 Å². The lowest BCUT2D eigenvalue weighted by molar-refractivity contribution is 0.0892. The van der Waals surface area contributed by atoms with Gasteiger partial charge in [0, 0.05) is 6.04 Å². The molecule has 0 saturated heterocycles. The van der Waals surface area contributed by atoms with Gasteiger partial charge in [-0.15, -0.1) is 0 Å². The summed E-state index contributed by atoms with van der Waals surface area (Å²) in [4.78, 5) is 10.8. The van der Waals surface area contributed by atoms with Gasteiger partial charge in [0.15, 0.2) is 0 Å². The van der Waals surface area contributed by atoms with Crippen molar-refractivity contribution in [3.05, 3.63) is 0 Å². The van der Waals surface area contributed by atoms with Crippen LogP contribution in [0.15, 0.2) is 0 Å². The van der Waals surface area contributed by atoms with E-state index < -0.39 is 6.09 Å². The van der Waals surface area contributed by atoms with Crippen molar-refractivity contribution in [2.24, 2.45) is 11.3 Å². The molecule has 100 valence electrons. The monoisotopic (exact) mass is 243 g/mol. The first-order valence-corrected chi connectivity index (χ1v) is 6.45. The van der Waals surface area contributed by atoms with Crippen LogP contribution in [0.3, 0.4) is 0 Å². The van der Waals surface area contributed by atoms with Gasteiger partial charge in [-0.2, -0.15) is 0 Å². The Bertz CT molecular complexity index is 252. The van der Waals surface area contributed by atoms with Gasteiger partial charge < -0.3 is 15.5 Å². The highest BCUT2D eigenvalue weighted by Gasteiger charge is 2.30. The van der Waals surface area contributed by atoms with Gasteiger partial charge in [-0.3, -0.25) is 0 Å². The van der Waals surface area contributed by atoms with Crippen molar-refractivity contribution in [1.29, 1.82) is 0 Å². The van der Waals surface area contributed by atoms with Gasteiger partial charge >= 0.3 is 6.09 Å². The Balaban J connectivity index is 2.59. The molecule has 1 aliphatic carbocycles. The van der Waals surface area contributed by atoms with E-state index in [1.54, 1.807) is 0 Å². The molecule has 0 aliphatic heterocycles. The first kappa shape index (κ1) is 14.3. The van der Waals surface area contributed by atoms with E-state index in [9.17, 15) is 9.90 Å². The maximum atomic E-state index is 10.8. The molecule has 1 amide bonds. The molecule has 1 fully saturated rings. The van der Waals surface area contributed by atoms with E-state index in [0.717, 1.165) is 32.1 Å². The number of aliphatic hydroxyl groups excluding tert-OH is 1. The third-order valence-corrected chi connectivity index (χ3v) is 3.45. The van der Waals surface area contributed by atoms with E-state index in [2.05, 4.69) is 26.1 Å². The van der Waals surface area contributed by atoms with E-state index in [1.807, 2.05) is 0 Å². The summed E-state index contributed by atoms with van der Waals surface area (Å²) < 4.78 is 0. The number of nitrogens with one attached hydrogen (secondary N) is 1. The summed E-state index contributed by atoms with van der Waals surface area (Å²) in [5, 5.41) is 21.0. The van der Waals surface area contributed by atoms with Gasteiger partial charge in [0.2, 0.25) is 0 Å². The highest BCUT2D eigenvalue weighted by molar-refractivity contribution is 5.64. The molecular formula is C13H25NO3. The molecule has 0 aromatic rings. The molecule has 0 aromatic heterocycles. The van der Waals surface area contributed by atoms with Crippen LogP contribution in [-0.4, -0.2) is 28.5 Å². The second-order valence-electron chi connectivity index (χ2n) is 6.39. The number of carbonyl (C=O) groups is 1. The van der Waals surface area contributed by atoms with Crippen molar-refractivity contribution in [2.45, 2.75) is 65.0 Å². The number of hydrogen-bond acceptors (Lipinski definition) is 2. The summed E-state index contributed by atoms with van der Waals surface area (Å²) in [6.45, 7) is 6.38. The van der Waals surface area contributed by atoms with Crippen molar-refractivity contribution >= 4 is 6.09 Å². The molecule has 4 heteroatoms. The summed E-state index contributed by atoms with van der Waals surface area (Å²) in [5.74, 6) is 0.369. The quantitative estimate of drug-likeness (QED) is 0.713. The maximum absolute atomic E-state index is 10.8. The Kier molecular flexibility index (Phi) is 4.80. The topological polar surface area (TPSA) is 69.6 Å². The molecule has 1 aliphatic rings. The van der Waals surface area contributed by atoms with Gasteiger partial charge in [0.25, 0.3) is 0 Å². The summed E-state index contributed by atoms with van der Waals surface area (Å²) in [7, 11) is 0. The second kappa shape index (κ2) is 5.71. The second-order valence-corrected chi connectivity index (χ2v) is 6.39. The lowest BCUT2D eigenvalue weighted by atomic mass is 9.76. The molecule has 0 heterocycles. The van der Waals surface area contributed by atoms with Crippen LogP contribution >= 0.6 is 0 Å². The van der Waals surface area contributed by atoms with Gasteiger partial charge in [0.05, 0.1) is 6.10 Å². The first-order chi connectivity index (χ1) is 7.78. The Morgan fingerprint density at radius 2 is 1.82 bits per heavy atom. The minimum Gasteiger partial charge on any atom is -0.465 e. The zero-order valence-corrected chi connectivity index (χ0v) is 11.1. The fourth-order valence-electron chi connectivity index (χ4n) is 2.66. The summed E-state index contributed by atoms with van der Waals surface area (Å²) >= 11 is 0. The number of rotatable bonds is 3. The SMILES string of the molecule is CC(C)(C)C[C@@H](NC(=O)O)C1CCC(O)CC1. The van der Waals surface area contributed by atoms with Crippen LogP contribution in [0.25, 0.3) is 0 Å². The molecular weight excluding hydrogens is 218 g/mol. The third-order valence-electron chi connectivity index (χ3n) is 3.45. The molecule has 17 heavy (non-hydrogen) atoms. The van der Waals surface area contributed by atoms with Crippen LogP contribution in [0.4, 0.5) is 4.79 Å². The minimum absolute atomic E-state index is 0.0139. The number of aliphatic hydroxyl groups is 1. The fourth-order valence-corrected chi connectivity index (χ4v) is 2.66. The molecule has 0 unspecified atom stereocenters. The van der Waals surface area contributed by atoms with E-state index in [0.29, 0.717) is 5.92 Å². The first-order valence-electron chi connectivity index (χ1n) is 6.45. The van der Waals surface area contributed by atoms with Crippen LogP contribution in [0.2, 0.25) is 0 Å². The molecule has 0 spiro atoms. The van der Waals surface area contributed by atoms with Crippen LogP contribution < -0.4 is 5.32 Å². The molecule has 0 aromatic carbocycles. The highest BCUT2D eigenvalue weighted by Crippen LogP contribution is 2.32. The van der Waals surface area contributed by atoms with E-state index >= 15 is 0 Å². The molecule has 1 rings (SSSR count). The Morgan fingerprint density at radius 3 is 2.24 bits per heavy atom. The molecule has 0 radical (unpaired) electrons. The molecule has 3 N–H and O–H groups in total. The average molecular weight is 243 g/mol. The van der Waals surface area contributed by atoms with Crippen LogP contribution in [-0.2, 0) is 0 Å². The van der Waals surface area contributed by atoms with Crippen LogP contribution in [0.1, 0.15) is 52.9 Å². The summed E-state index contributed by atoms with van der Waals surface area (Å²) in [6.07, 6.45) is 3.15. The average Bonchev–Trinajstić information content (AvgIpc) is 2.14. The fraction of sp³-hybridized carbons (Fsp3) is 0.923. The maximum Gasteiger partial charge on any atom is 0.404 e. The van der Waals surface area contributed by atoms with Crippen molar-refractivity contribution in [3.63, 3.8) is 0 Å². The molecule has 4 nitrogen and oxygen atoms in total. The summed E-state index contributed by atoms with van der Waals surface area (Å²) in [6, 6.07) is 0.0139. The predicted octanol–water partition coefficient (Wildman–Crippen LogP) is 2.61. The van der Waals surface area contributed by atoms with Crippen molar-refractivity contribution in [1.82, 2.24) is 5.32 Å². The highest BCUT2D eigenvalue weighted by atomic mass is 16.4. The van der Waals surface area contributed by atoms with Gasteiger partial charge in [0.1, 0.15) is 0 Å². The smallest absolute Gasteiger partial charge is 0.404 e. The zero-order chi connectivity index (χ0) is 13.1.